The Morgan fingerprint density at radius 3 is 1.62 bits per heavy atom. The Bertz CT molecular complexity index is 2680. The normalized spacial score (nSPS) is 12.8. The van der Waals surface area contributed by atoms with E-state index in [-0.39, 0.29) is 0 Å². The van der Waals surface area contributed by atoms with Crippen molar-refractivity contribution in [3.05, 3.63) is 235 Å². The minimum atomic E-state index is -0.545. The smallest absolute Gasteiger partial charge is 0.0719 e. The lowest BCUT2D eigenvalue weighted by Gasteiger charge is -2.35. The van der Waals surface area contributed by atoms with E-state index in [2.05, 4.69) is 217 Å². The molecule has 1 nitrogen and oxygen atoms in total. The Balaban J connectivity index is 1.34. The molecule has 1 heteroatoms. The lowest BCUT2D eigenvalue weighted by atomic mass is 9.66. The molecular formula is C51H35N. The first-order valence-electron chi connectivity index (χ1n) is 18.0. The molecule has 0 saturated heterocycles. The van der Waals surface area contributed by atoms with E-state index in [9.17, 15) is 0 Å². The molecule has 52 heavy (non-hydrogen) atoms. The molecule has 9 aromatic carbocycles. The number of fused-ring (bicyclic) bond motifs is 6. The fourth-order valence-corrected chi connectivity index (χ4v) is 8.65. The van der Waals surface area contributed by atoms with Crippen LogP contribution in [0.1, 0.15) is 22.3 Å². The van der Waals surface area contributed by atoms with Gasteiger partial charge in [-0.1, -0.05) is 176 Å². The average molecular weight is 662 g/mol. The standard InChI is InChI=1S/C51H35N/c1-5-17-36(18-6-1)39-30-32-44-47-35-49(52(42-25-11-4-12-26-42)43-31-29-37-19-13-14-20-38(37)33-43)45-27-15-16-28-46(45)50(47)51(48(44)34-39,40-21-7-2-8-22-40)41-23-9-3-10-24-41/h1-35H. The molecular weight excluding hydrogens is 627 g/mol. The fraction of sp³-hybridized carbons (Fsp3) is 0.0196. The zero-order valence-electron chi connectivity index (χ0n) is 28.7. The summed E-state index contributed by atoms with van der Waals surface area (Å²) >= 11 is 0. The number of rotatable bonds is 6. The van der Waals surface area contributed by atoms with Gasteiger partial charge in [-0.3, -0.25) is 0 Å². The van der Waals surface area contributed by atoms with Gasteiger partial charge in [0.15, 0.2) is 0 Å². The zero-order valence-corrected chi connectivity index (χ0v) is 28.7. The molecule has 0 heterocycles. The SMILES string of the molecule is c1ccc(-c2ccc3c(c2)C(c2ccccc2)(c2ccccc2)c2c-3cc(N(c3ccccc3)c3ccc4ccccc4c3)c3ccccc23)cc1. The summed E-state index contributed by atoms with van der Waals surface area (Å²) in [5.74, 6) is 0. The van der Waals surface area contributed by atoms with E-state index in [1.807, 2.05) is 0 Å². The summed E-state index contributed by atoms with van der Waals surface area (Å²) in [4.78, 5) is 2.44. The van der Waals surface area contributed by atoms with Crippen molar-refractivity contribution < 1.29 is 0 Å². The Morgan fingerprint density at radius 1 is 0.346 bits per heavy atom. The average Bonchev–Trinajstić information content (AvgIpc) is 3.53. The van der Waals surface area contributed by atoms with Crippen LogP contribution in [0.15, 0.2) is 212 Å². The molecule has 244 valence electrons. The zero-order chi connectivity index (χ0) is 34.5. The van der Waals surface area contributed by atoms with Crippen molar-refractivity contribution in [1.29, 1.82) is 0 Å². The summed E-state index contributed by atoms with van der Waals surface area (Å²) in [7, 11) is 0. The van der Waals surface area contributed by atoms with Gasteiger partial charge >= 0.3 is 0 Å². The van der Waals surface area contributed by atoms with Crippen LogP contribution in [-0.4, -0.2) is 0 Å². The van der Waals surface area contributed by atoms with Crippen LogP contribution in [0.3, 0.4) is 0 Å². The Kier molecular flexibility index (Phi) is 7.11. The summed E-state index contributed by atoms with van der Waals surface area (Å²) in [5, 5.41) is 4.92. The predicted octanol–water partition coefficient (Wildman–Crippen LogP) is 13.5. The molecule has 0 spiro atoms. The Hall–Kier alpha value is -6.70. The third-order valence-electron chi connectivity index (χ3n) is 10.9. The van der Waals surface area contributed by atoms with Gasteiger partial charge in [-0.25, -0.2) is 0 Å². The quantitative estimate of drug-likeness (QED) is 0.171. The van der Waals surface area contributed by atoms with E-state index in [0.717, 1.165) is 17.1 Å². The number of para-hydroxylation sites is 1. The highest BCUT2D eigenvalue weighted by Gasteiger charge is 2.48. The first-order chi connectivity index (χ1) is 25.8. The molecule has 0 aliphatic heterocycles. The van der Waals surface area contributed by atoms with E-state index < -0.39 is 5.41 Å². The first-order valence-corrected chi connectivity index (χ1v) is 18.0. The number of anilines is 3. The number of hydrogen-bond acceptors (Lipinski definition) is 1. The molecule has 0 fully saturated rings. The van der Waals surface area contributed by atoms with E-state index in [4.69, 9.17) is 0 Å². The minimum absolute atomic E-state index is 0.545. The fourth-order valence-electron chi connectivity index (χ4n) is 8.65. The molecule has 0 bridgehead atoms. The van der Waals surface area contributed by atoms with Crippen LogP contribution in [0.5, 0.6) is 0 Å². The van der Waals surface area contributed by atoms with Crippen LogP contribution >= 0.6 is 0 Å². The second-order valence-electron chi connectivity index (χ2n) is 13.7. The lowest BCUT2D eigenvalue weighted by Crippen LogP contribution is -2.29. The molecule has 0 N–H and O–H groups in total. The van der Waals surface area contributed by atoms with Crippen molar-refractivity contribution >= 4 is 38.6 Å². The molecule has 0 amide bonds. The van der Waals surface area contributed by atoms with Crippen molar-refractivity contribution in [2.75, 3.05) is 4.90 Å². The van der Waals surface area contributed by atoms with Crippen LogP contribution in [0.4, 0.5) is 17.1 Å². The van der Waals surface area contributed by atoms with E-state index in [1.165, 1.54) is 66.1 Å². The van der Waals surface area contributed by atoms with Crippen LogP contribution in [-0.2, 0) is 5.41 Å². The highest BCUT2D eigenvalue weighted by atomic mass is 15.1. The van der Waals surface area contributed by atoms with Crippen molar-refractivity contribution in [3.8, 4) is 22.3 Å². The number of benzene rings is 9. The molecule has 1 aliphatic rings. The highest BCUT2D eigenvalue weighted by Crippen LogP contribution is 2.60. The highest BCUT2D eigenvalue weighted by molar-refractivity contribution is 6.09. The lowest BCUT2D eigenvalue weighted by molar-refractivity contribution is 0.776. The topological polar surface area (TPSA) is 3.24 Å². The van der Waals surface area contributed by atoms with Gasteiger partial charge in [0.05, 0.1) is 11.1 Å². The van der Waals surface area contributed by atoms with Crippen LogP contribution in [0, 0.1) is 0 Å². The van der Waals surface area contributed by atoms with Crippen LogP contribution in [0.25, 0.3) is 43.8 Å². The van der Waals surface area contributed by atoms with Gasteiger partial charge < -0.3 is 4.90 Å². The van der Waals surface area contributed by atoms with Crippen molar-refractivity contribution in [2.24, 2.45) is 0 Å². The number of nitrogens with zero attached hydrogens (tertiary/aromatic N) is 1. The molecule has 0 saturated carbocycles. The van der Waals surface area contributed by atoms with Gasteiger partial charge in [-0.05, 0) is 97.1 Å². The third-order valence-corrected chi connectivity index (χ3v) is 10.9. The monoisotopic (exact) mass is 661 g/mol. The summed E-state index contributed by atoms with van der Waals surface area (Å²) in [6.45, 7) is 0. The Morgan fingerprint density at radius 2 is 0.923 bits per heavy atom. The molecule has 0 atom stereocenters. The van der Waals surface area contributed by atoms with Gasteiger partial charge in [0.2, 0.25) is 0 Å². The van der Waals surface area contributed by atoms with Gasteiger partial charge in [-0.2, -0.15) is 0 Å². The largest absolute Gasteiger partial charge is 0.310 e. The summed E-state index contributed by atoms with van der Waals surface area (Å²) in [5.41, 5.74) is 13.0. The maximum Gasteiger partial charge on any atom is 0.0719 e. The predicted molar refractivity (Wildman–Crippen MR) is 219 cm³/mol. The van der Waals surface area contributed by atoms with Crippen molar-refractivity contribution in [1.82, 2.24) is 0 Å². The summed E-state index contributed by atoms with van der Waals surface area (Å²) in [6, 6.07) is 77.9. The van der Waals surface area contributed by atoms with Crippen LogP contribution in [0.2, 0.25) is 0 Å². The maximum atomic E-state index is 2.47. The molecule has 0 unspecified atom stereocenters. The van der Waals surface area contributed by atoms with Crippen molar-refractivity contribution in [3.63, 3.8) is 0 Å². The molecule has 0 aromatic heterocycles. The Labute approximate surface area is 304 Å². The van der Waals surface area contributed by atoms with E-state index in [1.54, 1.807) is 0 Å². The second kappa shape index (κ2) is 12.3. The summed E-state index contributed by atoms with van der Waals surface area (Å²) in [6.07, 6.45) is 0. The molecule has 10 rings (SSSR count). The number of hydrogen-bond donors (Lipinski definition) is 0. The minimum Gasteiger partial charge on any atom is -0.310 e. The van der Waals surface area contributed by atoms with Crippen LogP contribution < -0.4 is 4.90 Å². The molecule has 9 aromatic rings. The molecule has 1 aliphatic carbocycles. The van der Waals surface area contributed by atoms with Gasteiger partial charge in [0.1, 0.15) is 0 Å². The van der Waals surface area contributed by atoms with Gasteiger partial charge in [-0.15, -0.1) is 0 Å². The second-order valence-corrected chi connectivity index (χ2v) is 13.7. The first kappa shape index (κ1) is 30.2. The maximum absolute atomic E-state index is 2.47. The van der Waals surface area contributed by atoms with Crippen molar-refractivity contribution in [2.45, 2.75) is 5.41 Å². The van der Waals surface area contributed by atoms with E-state index in [0.29, 0.717) is 0 Å². The van der Waals surface area contributed by atoms with Gasteiger partial charge in [0.25, 0.3) is 0 Å². The van der Waals surface area contributed by atoms with Gasteiger partial charge in [0, 0.05) is 16.8 Å². The van der Waals surface area contributed by atoms with E-state index >= 15 is 0 Å². The summed E-state index contributed by atoms with van der Waals surface area (Å²) < 4.78 is 0. The third kappa shape index (κ3) is 4.63. The molecule has 0 radical (unpaired) electrons.